The van der Waals surface area contributed by atoms with Gasteiger partial charge in [0.1, 0.15) is 0 Å². The Morgan fingerprint density at radius 3 is 1.81 bits per heavy atom. The summed E-state index contributed by atoms with van der Waals surface area (Å²) in [6.45, 7) is 4.45. The van der Waals surface area contributed by atoms with Gasteiger partial charge in [-0.15, -0.1) is 0 Å². The number of hydrogen-bond acceptors (Lipinski definition) is 3. The zero-order valence-corrected chi connectivity index (χ0v) is 23.7. The van der Waals surface area contributed by atoms with Crippen molar-refractivity contribution in [1.29, 1.82) is 0 Å². The second kappa shape index (κ2) is 19.8. The average Bonchev–Trinajstić information content (AvgIpc) is 3.46. The zero-order chi connectivity index (χ0) is 26.6. The zero-order valence-electron chi connectivity index (χ0n) is 23.7. The largest absolute Gasteiger partial charge is 0.481 e. The van der Waals surface area contributed by atoms with Gasteiger partial charge in [0.05, 0.1) is 0 Å². The Labute approximate surface area is 226 Å². The molecular weight excluding hydrogens is 456 g/mol. The maximum Gasteiger partial charge on any atom is 0.303 e. The molecule has 0 atom stereocenters. The summed E-state index contributed by atoms with van der Waals surface area (Å²) >= 11 is 0. The summed E-state index contributed by atoms with van der Waals surface area (Å²) < 4.78 is 0. The van der Waals surface area contributed by atoms with Crippen molar-refractivity contribution < 1.29 is 9.90 Å². The van der Waals surface area contributed by atoms with Crippen LogP contribution in [-0.2, 0) is 11.2 Å². The van der Waals surface area contributed by atoms with Gasteiger partial charge < -0.3 is 5.11 Å². The number of rotatable bonds is 17. The van der Waals surface area contributed by atoms with Crippen molar-refractivity contribution in [3.63, 3.8) is 0 Å². The van der Waals surface area contributed by atoms with Crippen molar-refractivity contribution >= 4 is 5.97 Å². The molecule has 2 aromatic rings. The number of aryl methyl sites for hydroxylation is 1. The number of hydrogen-bond donors (Lipinski definition) is 1. The smallest absolute Gasteiger partial charge is 0.303 e. The lowest BCUT2D eigenvalue weighted by Crippen LogP contribution is -1.95. The first-order chi connectivity index (χ1) is 18.1. The van der Waals surface area contributed by atoms with Gasteiger partial charge in [0.2, 0.25) is 0 Å². The van der Waals surface area contributed by atoms with E-state index in [0.29, 0.717) is 6.42 Å². The van der Waals surface area contributed by atoms with Gasteiger partial charge >= 0.3 is 5.97 Å². The summed E-state index contributed by atoms with van der Waals surface area (Å²) in [6, 6.07) is 8.94. The number of carbonyl (C=O) groups is 1. The third-order valence-electron chi connectivity index (χ3n) is 7.51. The van der Waals surface area contributed by atoms with Crippen LogP contribution in [0.1, 0.15) is 146 Å². The van der Waals surface area contributed by atoms with Crippen LogP contribution in [0.4, 0.5) is 0 Å². The monoisotopic (exact) mass is 508 g/mol. The normalized spacial score (nSPS) is 13.4. The van der Waals surface area contributed by atoms with E-state index in [2.05, 4.69) is 48.1 Å². The Bertz CT molecular complexity index is 826. The minimum atomic E-state index is -0.666. The quantitative estimate of drug-likeness (QED) is 0.216. The Hall–Kier alpha value is -2.23. The lowest BCUT2D eigenvalue weighted by atomic mass is 9.96. The molecule has 0 aliphatic heterocycles. The maximum atomic E-state index is 10.1. The second-order valence-corrected chi connectivity index (χ2v) is 10.8. The predicted molar refractivity (Wildman–Crippen MR) is 156 cm³/mol. The van der Waals surface area contributed by atoms with Crippen LogP contribution in [0.3, 0.4) is 0 Å². The standard InChI is InChI=1S/C24H34N2.C9H18O2/c1-2-3-4-5-6-7-8-11-20-18-25-24(26-19-20)23-16-14-22(15-17-23)21-12-9-10-13-21;1-2-3-4-5-6-7-8-9(10)11/h14-19,21H,2-13H2,1H3;2-8H2,1H3,(H,10,11). The van der Waals surface area contributed by atoms with E-state index in [1.54, 1.807) is 0 Å². The van der Waals surface area contributed by atoms with Crippen LogP contribution >= 0.6 is 0 Å². The molecule has 1 aliphatic rings. The number of carboxylic acid groups (broad SMARTS) is 1. The summed E-state index contributed by atoms with van der Waals surface area (Å²) in [4.78, 5) is 19.3. The molecule has 1 fully saturated rings. The van der Waals surface area contributed by atoms with Crippen LogP contribution in [0.5, 0.6) is 0 Å². The minimum Gasteiger partial charge on any atom is -0.481 e. The van der Waals surface area contributed by atoms with Crippen LogP contribution in [0, 0.1) is 0 Å². The van der Waals surface area contributed by atoms with Crippen molar-refractivity contribution in [2.24, 2.45) is 0 Å². The molecule has 0 radical (unpaired) electrons. The van der Waals surface area contributed by atoms with E-state index in [-0.39, 0.29) is 0 Å². The molecule has 0 unspecified atom stereocenters. The van der Waals surface area contributed by atoms with Crippen molar-refractivity contribution in [3.05, 3.63) is 47.8 Å². The lowest BCUT2D eigenvalue weighted by Gasteiger charge is -2.10. The fourth-order valence-electron chi connectivity index (χ4n) is 5.14. The number of nitrogens with zero attached hydrogens (tertiary/aromatic N) is 2. The SMILES string of the molecule is CCCCCCCCC(=O)O.CCCCCCCCCc1cnc(-c2ccc(C3CCCC3)cc2)nc1. The summed E-state index contributed by atoms with van der Waals surface area (Å²) in [5, 5.41) is 8.32. The Balaban J connectivity index is 0.000000371. The van der Waals surface area contributed by atoms with Gasteiger partial charge in [0.15, 0.2) is 5.82 Å². The van der Waals surface area contributed by atoms with Gasteiger partial charge in [-0.1, -0.05) is 122 Å². The number of benzene rings is 1. The van der Waals surface area contributed by atoms with E-state index in [1.165, 1.54) is 107 Å². The summed E-state index contributed by atoms with van der Waals surface area (Å²) in [5.41, 5.74) is 3.89. The summed E-state index contributed by atoms with van der Waals surface area (Å²) in [5.74, 6) is 0.959. The average molecular weight is 509 g/mol. The van der Waals surface area contributed by atoms with Crippen LogP contribution < -0.4 is 0 Å². The molecule has 1 aromatic heterocycles. The highest BCUT2D eigenvalue weighted by atomic mass is 16.4. The molecule has 4 heteroatoms. The van der Waals surface area contributed by atoms with Gasteiger partial charge in [-0.05, 0) is 49.1 Å². The minimum absolute atomic E-state index is 0.339. The first-order valence-corrected chi connectivity index (χ1v) is 15.3. The Morgan fingerprint density at radius 1 is 0.757 bits per heavy atom. The number of aliphatic carboxylic acids is 1. The molecule has 4 nitrogen and oxygen atoms in total. The fourth-order valence-corrected chi connectivity index (χ4v) is 5.14. The van der Waals surface area contributed by atoms with E-state index < -0.39 is 5.97 Å². The molecular formula is C33H52N2O2. The molecule has 3 rings (SSSR count). The molecule has 0 bridgehead atoms. The highest BCUT2D eigenvalue weighted by Crippen LogP contribution is 2.34. The van der Waals surface area contributed by atoms with Gasteiger partial charge in [-0.2, -0.15) is 0 Å². The maximum absolute atomic E-state index is 10.1. The van der Waals surface area contributed by atoms with E-state index in [9.17, 15) is 4.79 Å². The van der Waals surface area contributed by atoms with Gasteiger partial charge in [-0.3, -0.25) is 4.79 Å². The number of aromatic nitrogens is 2. The molecule has 1 aliphatic carbocycles. The molecule has 1 saturated carbocycles. The van der Waals surface area contributed by atoms with Gasteiger partial charge in [0.25, 0.3) is 0 Å². The predicted octanol–water partition coefficient (Wildman–Crippen LogP) is 9.92. The Kier molecular flexibility index (Phi) is 16.6. The highest BCUT2D eigenvalue weighted by Gasteiger charge is 2.16. The Morgan fingerprint density at radius 2 is 1.27 bits per heavy atom. The molecule has 0 spiro atoms. The second-order valence-electron chi connectivity index (χ2n) is 10.8. The number of carboxylic acids is 1. The van der Waals surface area contributed by atoms with E-state index in [4.69, 9.17) is 5.11 Å². The van der Waals surface area contributed by atoms with Crippen molar-refractivity contribution in [2.75, 3.05) is 0 Å². The van der Waals surface area contributed by atoms with Crippen LogP contribution in [0.2, 0.25) is 0 Å². The molecule has 0 saturated heterocycles. The van der Waals surface area contributed by atoms with Gasteiger partial charge in [-0.25, -0.2) is 9.97 Å². The number of unbranched alkanes of at least 4 members (excludes halogenated alkanes) is 11. The highest BCUT2D eigenvalue weighted by molar-refractivity contribution is 5.66. The van der Waals surface area contributed by atoms with Crippen molar-refractivity contribution in [1.82, 2.24) is 9.97 Å². The van der Waals surface area contributed by atoms with E-state index >= 15 is 0 Å². The fraction of sp³-hybridized carbons (Fsp3) is 0.667. The van der Waals surface area contributed by atoms with Gasteiger partial charge in [0, 0.05) is 24.4 Å². The first kappa shape index (κ1) is 31.0. The van der Waals surface area contributed by atoms with Crippen molar-refractivity contribution in [2.45, 2.75) is 142 Å². The van der Waals surface area contributed by atoms with E-state index in [1.807, 2.05) is 12.4 Å². The van der Waals surface area contributed by atoms with E-state index in [0.717, 1.165) is 36.6 Å². The molecule has 0 amide bonds. The summed E-state index contributed by atoms with van der Waals surface area (Å²) in [7, 11) is 0. The molecule has 1 N–H and O–H groups in total. The van der Waals surface area contributed by atoms with Crippen LogP contribution in [0.15, 0.2) is 36.7 Å². The van der Waals surface area contributed by atoms with Crippen LogP contribution in [-0.4, -0.2) is 21.0 Å². The molecule has 1 heterocycles. The topological polar surface area (TPSA) is 63.1 Å². The lowest BCUT2D eigenvalue weighted by molar-refractivity contribution is -0.137. The third-order valence-corrected chi connectivity index (χ3v) is 7.51. The first-order valence-electron chi connectivity index (χ1n) is 15.3. The molecule has 37 heavy (non-hydrogen) atoms. The molecule has 206 valence electrons. The third kappa shape index (κ3) is 13.8. The summed E-state index contributed by atoms with van der Waals surface area (Å²) in [6.07, 6.45) is 27.3. The van der Waals surface area contributed by atoms with Crippen LogP contribution in [0.25, 0.3) is 11.4 Å². The molecule has 1 aromatic carbocycles. The van der Waals surface area contributed by atoms with Crippen molar-refractivity contribution in [3.8, 4) is 11.4 Å².